The number of imidazole rings is 1. The summed E-state index contributed by atoms with van der Waals surface area (Å²) in [5.74, 6) is 0.861. The van der Waals surface area contributed by atoms with Crippen molar-refractivity contribution in [2.24, 2.45) is 0 Å². The Morgan fingerprint density at radius 3 is 2.79 bits per heavy atom. The largest absolute Gasteiger partial charge is 0.354 e. The second-order valence-corrected chi connectivity index (χ2v) is 6.05. The van der Waals surface area contributed by atoms with Crippen LogP contribution in [0.4, 0.5) is 0 Å². The molecule has 2 N–H and O–H groups in total. The third-order valence-electron chi connectivity index (χ3n) is 4.01. The summed E-state index contributed by atoms with van der Waals surface area (Å²) >= 11 is 0. The summed E-state index contributed by atoms with van der Waals surface area (Å²) in [4.78, 5) is 23.9. The van der Waals surface area contributed by atoms with Gasteiger partial charge in [0.2, 0.25) is 5.91 Å². The molecule has 1 aromatic carbocycles. The summed E-state index contributed by atoms with van der Waals surface area (Å²) in [6.07, 6.45) is 4.64. The van der Waals surface area contributed by atoms with Gasteiger partial charge in [-0.2, -0.15) is 0 Å². The van der Waals surface area contributed by atoms with Crippen molar-refractivity contribution >= 4 is 17.1 Å². The number of hydrogen-bond donors (Lipinski definition) is 2. The molecule has 24 heavy (non-hydrogen) atoms. The number of aryl methyl sites for hydroxylation is 2. The summed E-state index contributed by atoms with van der Waals surface area (Å²) in [6.45, 7) is 2.05. The number of rotatable bonds is 7. The normalized spacial score (nSPS) is 12.2. The zero-order valence-corrected chi connectivity index (χ0v) is 13.8. The number of carbonyl (C=O) groups excluding carboxylic acids is 1. The van der Waals surface area contributed by atoms with Crippen LogP contribution < -0.4 is 5.32 Å². The van der Waals surface area contributed by atoms with Gasteiger partial charge in [-0.25, -0.2) is 9.97 Å². The van der Waals surface area contributed by atoms with Gasteiger partial charge in [0.15, 0.2) is 5.65 Å². The molecular formula is C19H22N4O. The third kappa shape index (κ3) is 4.41. The van der Waals surface area contributed by atoms with E-state index < -0.39 is 0 Å². The van der Waals surface area contributed by atoms with Crippen LogP contribution in [0.2, 0.25) is 0 Å². The maximum atomic E-state index is 12.1. The van der Waals surface area contributed by atoms with Gasteiger partial charge in [0.25, 0.3) is 0 Å². The molecule has 2 heterocycles. The predicted octanol–water partition coefficient (Wildman–Crippen LogP) is 3.03. The van der Waals surface area contributed by atoms with Crippen LogP contribution in [-0.2, 0) is 17.6 Å². The summed E-state index contributed by atoms with van der Waals surface area (Å²) in [5.41, 5.74) is 2.90. The standard InChI is InChI=1S/C19H22N4O/c1-14(9-10-15-6-3-2-4-7-15)21-18(24)12-11-17-22-16-8-5-13-20-19(16)23-17/h2-8,13-14H,9-12H2,1H3,(H,21,24)(H,20,22,23)/t14-/m0/s1. The lowest BCUT2D eigenvalue weighted by Crippen LogP contribution is -2.33. The van der Waals surface area contributed by atoms with Crippen LogP contribution in [0.1, 0.15) is 31.2 Å². The lowest BCUT2D eigenvalue weighted by Gasteiger charge is -2.13. The topological polar surface area (TPSA) is 70.7 Å². The highest BCUT2D eigenvalue weighted by Gasteiger charge is 2.10. The number of H-pyrrole nitrogens is 1. The zero-order chi connectivity index (χ0) is 16.8. The first-order valence-corrected chi connectivity index (χ1v) is 8.33. The highest BCUT2D eigenvalue weighted by molar-refractivity contribution is 5.76. The Kier molecular flexibility index (Phi) is 5.21. The van der Waals surface area contributed by atoms with Gasteiger partial charge in [-0.15, -0.1) is 0 Å². The zero-order valence-electron chi connectivity index (χ0n) is 13.8. The van der Waals surface area contributed by atoms with E-state index in [9.17, 15) is 4.79 Å². The highest BCUT2D eigenvalue weighted by atomic mass is 16.1. The van der Waals surface area contributed by atoms with Gasteiger partial charge in [-0.05, 0) is 37.5 Å². The molecule has 0 bridgehead atoms. The van der Waals surface area contributed by atoms with Crippen molar-refractivity contribution in [3.05, 3.63) is 60.0 Å². The summed E-state index contributed by atoms with van der Waals surface area (Å²) in [6, 6.07) is 14.3. The molecule has 2 aromatic heterocycles. The molecule has 0 unspecified atom stereocenters. The Balaban J connectivity index is 1.43. The Hall–Kier alpha value is -2.69. The maximum Gasteiger partial charge on any atom is 0.220 e. The van der Waals surface area contributed by atoms with Gasteiger partial charge in [0, 0.05) is 25.1 Å². The van der Waals surface area contributed by atoms with E-state index in [4.69, 9.17) is 0 Å². The molecule has 0 aliphatic carbocycles. The quantitative estimate of drug-likeness (QED) is 0.702. The summed E-state index contributed by atoms with van der Waals surface area (Å²) in [5, 5.41) is 3.06. The first kappa shape index (κ1) is 16.2. The fraction of sp³-hybridized carbons (Fsp3) is 0.316. The number of aromatic amines is 1. The van der Waals surface area contributed by atoms with E-state index in [2.05, 4.69) is 32.4 Å². The number of nitrogens with zero attached hydrogens (tertiary/aromatic N) is 2. The Morgan fingerprint density at radius 2 is 2.00 bits per heavy atom. The molecule has 0 spiro atoms. The van der Waals surface area contributed by atoms with E-state index in [0.717, 1.165) is 24.2 Å². The number of aromatic nitrogens is 3. The second kappa shape index (κ2) is 7.73. The van der Waals surface area contributed by atoms with E-state index in [1.165, 1.54) is 5.56 Å². The SMILES string of the molecule is C[C@@H](CCc1ccccc1)NC(=O)CCc1nc2ncccc2[nH]1. The van der Waals surface area contributed by atoms with E-state index >= 15 is 0 Å². The number of pyridine rings is 1. The molecule has 0 aliphatic rings. The van der Waals surface area contributed by atoms with Gasteiger partial charge in [-0.3, -0.25) is 4.79 Å². The molecule has 3 aromatic rings. The number of hydrogen-bond acceptors (Lipinski definition) is 3. The molecule has 5 nitrogen and oxygen atoms in total. The number of amides is 1. The fourth-order valence-corrected chi connectivity index (χ4v) is 2.69. The number of benzene rings is 1. The van der Waals surface area contributed by atoms with Crippen LogP contribution in [0, 0.1) is 0 Å². The van der Waals surface area contributed by atoms with E-state index in [1.807, 2.05) is 37.3 Å². The van der Waals surface area contributed by atoms with Gasteiger partial charge >= 0.3 is 0 Å². The van der Waals surface area contributed by atoms with Crippen LogP contribution in [0.5, 0.6) is 0 Å². The molecule has 1 amide bonds. The minimum Gasteiger partial charge on any atom is -0.354 e. The monoisotopic (exact) mass is 322 g/mol. The van der Waals surface area contributed by atoms with Gasteiger partial charge in [-0.1, -0.05) is 30.3 Å². The minimum atomic E-state index is 0.0592. The van der Waals surface area contributed by atoms with E-state index in [-0.39, 0.29) is 11.9 Å². The van der Waals surface area contributed by atoms with Crippen LogP contribution >= 0.6 is 0 Å². The van der Waals surface area contributed by atoms with Gasteiger partial charge in [0.1, 0.15) is 5.82 Å². The van der Waals surface area contributed by atoms with Crippen molar-refractivity contribution in [3.8, 4) is 0 Å². The highest BCUT2D eigenvalue weighted by Crippen LogP contribution is 2.09. The average molecular weight is 322 g/mol. The van der Waals surface area contributed by atoms with Crippen molar-refractivity contribution in [3.63, 3.8) is 0 Å². The van der Waals surface area contributed by atoms with Crippen molar-refractivity contribution in [1.82, 2.24) is 20.3 Å². The molecule has 0 fully saturated rings. The van der Waals surface area contributed by atoms with Crippen LogP contribution in [0.15, 0.2) is 48.7 Å². The Morgan fingerprint density at radius 1 is 1.17 bits per heavy atom. The van der Waals surface area contributed by atoms with Crippen molar-refractivity contribution in [1.29, 1.82) is 0 Å². The average Bonchev–Trinajstić information content (AvgIpc) is 3.02. The third-order valence-corrected chi connectivity index (χ3v) is 4.01. The number of carbonyl (C=O) groups is 1. The lowest BCUT2D eigenvalue weighted by atomic mass is 10.1. The maximum absolute atomic E-state index is 12.1. The van der Waals surface area contributed by atoms with Crippen molar-refractivity contribution in [2.75, 3.05) is 0 Å². The first-order valence-electron chi connectivity index (χ1n) is 8.33. The molecule has 0 radical (unpaired) electrons. The molecule has 0 saturated heterocycles. The summed E-state index contributed by atoms with van der Waals surface area (Å²) in [7, 11) is 0. The molecule has 3 rings (SSSR count). The van der Waals surface area contributed by atoms with Crippen LogP contribution in [0.25, 0.3) is 11.2 Å². The fourth-order valence-electron chi connectivity index (χ4n) is 2.69. The van der Waals surface area contributed by atoms with Crippen molar-refractivity contribution in [2.45, 2.75) is 38.6 Å². The molecule has 0 saturated carbocycles. The Labute approximate surface area is 141 Å². The molecule has 1 atom stereocenters. The van der Waals surface area contributed by atoms with E-state index in [1.54, 1.807) is 6.20 Å². The van der Waals surface area contributed by atoms with Gasteiger partial charge in [0.05, 0.1) is 5.52 Å². The lowest BCUT2D eigenvalue weighted by molar-refractivity contribution is -0.121. The Bertz CT molecular complexity index is 764. The first-order chi connectivity index (χ1) is 11.7. The molecule has 124 valence electrons. The van der Waals surface area contributed by atoms with Crippen molar-refractivity contribution < 1.29 is 4.79 Å². The van der Waals surface area contributed by atoms with Gasteiger partial charge < -0.3 is 10.3 Å². The van der Waals surface area contributed by atoms with Crippen LogP contribution in [0.3, 0.4) is 0 Å². The predicted molar refractivity (Wildman–Crippen MR) is 94.6 cm³/mol. The summed E-state index contributed by atoms with van der Waals surface area (Å²) < 4.78 is 0. The molecular weight excluding hydrogens is 300 g/mol. The second-order valence-electron chi connectivity index (χ2n) is 6.05. The molecule has 0 aliphatic heterocycles. The number of nitrogens with one attached hydrogen (secondary N) is 2. The molecule has 5 heteroatoms. The number of fused-ring (bicyclic) bond motifs is 1. The van der Waals surface area contributed by atoms with Crippen LogP contribution in [-0.4, -0.2) is 26.9 Å². The minimum absolute atomic E-state index is 0.0592. The van der Waals surface area contributed by atoms with E-state index in [0.29, 0.717) is 18.5 Å². The smallest absolute Gasteiger partial charge is 0.220 e.